The van der Waals surface area contributed by atoms with Gasteiger partial charge in [0.05, 0.1) is 17.3 Å². The highest BCUT2D eigenvalue weighted by atomic mass is 35.5. The van der Waals surface area contributed by atoms with E-state index in [2.05, 4.69) is 14.7 Å². The fourth-order valence-electron chi connectivity index (χ4n) is 4.75. The summed E-state index contributed by atoms with van der Waals surface area (Å²) in [6, 6.07) is 9.40. The van der Waals surface area contributed by atoms with Gasteiger partial charge in [-0.25, -0.2) is 23.2 Å². The summed E-state index contributed by atoms with van der Waals surface area (Å²) in [7, 11) is -3.89. The number of ether oxygens (including phenoxy) is 1. The number of hydrogen-bond donors (Lipinski definition) is 1. The van der Waals surface area contributed by atoms with Crippen LogP contribution in [0.3, 0.4) is 0 Å². The predicted molar refractivity (Wildman–Crippen MR) is 160 cm³/mol. The van der Waals surface area contributed by atoms with Crippen LogP contribution in [-0.2, 0) is 21.2 Å². The Bertz CT molecular complexity index is 1600. The minimum Gasteiger partial charge on any atom is -0.444 e. The Morgan fingerprint density at radius 2 is 1.57 bits per heavy atom. The van der Waals surface area contributed by atoms with Crippen LogP contribution in [0.25, 0.3) is 0 Å². The summed E-state index contributed by atoms with van der Waals surface area (Å²) in [6.07, 6.45) is 3.28. The van der Waals surface area contributed by atoms with Crippen molar-refractivity contribution in [2.24, 2.45) is 0 Å². The highest BCUT2D eigenvalue weighted by Crippen LogP contribution is 2.35. The number of amides is 2. The van der Waals surface area contributed by atoms with Crippen molar-refractivity contribution in [3.63, 3.8) is 0 Å². The first-order valence-corrected chi connectivity index (χ1v) is 15.5. The van der Waals surface area contributed by atoms with Gasteiger partial charge in [-0.3, -0.25) is 9.52 Å². The van der Waals surface area contributed by atoms with Gasteiger partial charge in [0.15, 0.2) is 5.82 Å². The van der Waals surface area contributed by atoms with Gasteiger partial charge in [0.1, 0.15) is 11.3 Å². The lowest BCUT2D eigenvalue weighted by Gasteiger charge is -2.35. The van der Waals surface area contributed by atoms with Gasteiger partial charge >= 0.3 is 6.09 Å². The standard InChI is InChI=1S/C28H30Cl2N6O5S/c1-28(2,3)41-27(38)35-10-8-34(9-11-35)26(37)23-16-32-25(17-31-23)36-7-6-18-12-21(4-5-24(18)36)33-42(39,40)22-14-19(29)13-20(30)15-22/h4-5,12-17,33H,6-11H2,1-3H3. The van der Waals surface area contributed by atoms with Crippen LogP contribution in [0.5, 0.6) is 0 Å². The Kier molecular flexibility index (Phi) is 8.23. The van der Waals surface area contributed by atoms with E-state index < -0.39 is 15.6 Å². The van der Waals surface area contributed by atoms with Gasteiger partial charge in [0.2, 0.25) is 0 Å². The van der Waals surface area contributed by atoms with Gasteiger partial charge in [-0.05, 0) is 69.2 Å². The van der Waals surface area contributed by atoms with Crippen LogP contribution in [0.4, 0.5) is 22.0 Å². The van der Waals surface area contributed by atoms with Crippen LogP contribution >= 0.6 is 23.2 Å². The van der Waals surface area contributed by atoms with Crippen LogP contribution in [-0.4, -0.2) is 78.5 Å². The molecule has 2 amide bonds. The van der Waals surface area contributed by atoms with Gasteiger partial charge < -0.3 is 19.4 Å². The van der Waals surface area contributed by atoms with Crippen molar-refractivity contribution in [3.05, 3.63) is 70.1 Å². The van der Waals surface area contributed by atoms with E-state index in [-0.39, 0.29) is 32.6 Å². The molecule has 1 saturated heterocycles. The maximum atomic E-state index is 13.0. The summed E-state index contributed by atoms with van der Waals surface area (Å²) in [5.41, 5.74) is 1.85. The second kappa shape index (κ2) is 11.6. The van der Waals surface area contributed by atoms with Crippen molar-refractivity contribution < 1.29 is 22.7 Å². The van der Waals surface area contributed by atoms with Gasteiger partial charge in [0, 0.05) is 54.1 Å². The molecule has 1 aromatic heterocycles. The number of nitrogens with one attached hydrogen (secondary N) is 1. The number of carbonyl (C=O) groups is 2. The third-order valence-electron chi connectivity index (χ3n) is 6.73. The number of fused-ring (bicyclic) bond motifs is 1. The van der Waals surface area contributed by atoms with Gasteiger partial charge in [-0.15, -0.1) is 0 Å². The van der Waals surface area contributed by atoms with Gasteiger partial charge in [-0.2, -0.15) is 0 Å². The summed E-state index contributed by atoms with van der Waals surface area (Å²) >= 11 is 12.0. The lowest BCUT2D eigenvalue weighted by molar-refractivity contribution is 0.0140. The largest absolute Gasteiger partial charge is 0.444 e. The molecule has 1 fully saturated rings. The number of benzene rings is 2. The third kappa shape index (κ3) is 6.71. The van der Waals surface area contributed by atoms with Crippen molar-refractivity contribution in [2.75, 3.05) is 42.3 Å². The molecule has 42 heavy (non-hydrogen) atoms. The Balaban J connectivity index is 1.22. The van der Waals surface area contributed by atoms with Gasteiger partial charge in [0.25, 0.3) is 15.9 Å². The van der Waals surface area contributed by atoms with Crippen molar-refractivity contribution in [3.8, 4) is 0 Å². The number of anilines is 3. The molecule has 2 aliphatic heterocycles. The van der Waals surface area contributed by atoms with Crippen LogP contribution in [0, 0.1) is 0 Å². The van der Waals surface area contributed by atoms with Crippen molar-refractivity contribution in [1.29, 1.82) is 0 Å². The number of nitrogens with zero attached hydrogens (tertiary/aromatic N) is 5. The molecule has 1 N–H and O–H groups in total. The zero-order valence-electron chi connectivity index (χ0n) is 23.3. The first-order valence-electron chi connectivity index (χ1n) is 13.3. The first-order chi connectivity index (χ1) is 19.8. The van der Waals surface area contributed by atoms with E-state index in [4.69, 9.17) is 27.9 Å². The molecular formula is C28H30Cl2N6O5S. The first kappa shape index (κ1) is 29.9. The highest BCUT2D eigenvalue weighted by molar-refractivity contribution is 7.92. The molecule has 2 aromatic carbocycles. The van der Waals surface area contributed by atoms with E-state index >= 15 is 0 Å². The number of sulfonamides is 1. The van der Waals surface area contributed by atoms with Gasteiger partial charge in [-0.1, -0.05) is 23.2 Å². The number of piperazine rings is 1. The van der Waals surface area contributed by atoms with Crippen molar-refractivity contribution >= 4 is 62.4 Å². The molecule has 0 unspecified atom stereocenters. The van der Waals surface area contributed by atoms with Crippen LogP contribution in [0.1, 0.15) is 36.8 Å². The van der Waals surface area contributed by atoms with E-state index in [9.17, 15) is 18.0 Å². The number of halogens is 2. The summed E-state index contributed by atoms with van der Waals surface area (Å²) < 4.78 is 33.8. The minimum absolute atomic E-state index is 0.0306. The molecule has 5 rings (SSSR count). The molecule has 0 saturated carbocycles. The van der Waals surface area contributed by atoms with E-state index in [1.807, 2.05) is 31.7 Å². The molecule has 3 aromatic rings. The Labute approximate surface area is 254 Å². The molecule has 0 bridgehead atoms. The van der Waals surface area contributed by atoms with E-state index in [0.29, 0.717) is 50.6 Å². The zero-order valence-corrected chi connectivity index (χ0v) is 25.6. The predicted octanol–water partition coefficient (Wildman–Crippen LogP) is 4.97. The zero-order chi connectivity index (χ0) is 30.2. The third-order valence-corrected chi connectivity index (χ3v) is 8.52. The molecule has 2 aliphatic rings. The summed E-state index contributed by atoms with van der Waals surface area (Å²) in [5, 5.41) is 0.448. The normalized spacial score (nSPS) is 15.4. The molecule has 11 nitrogen and oxygen atoms in total. The lowest BCUT2D eigenvalue weighted by atomic mass is 10.1. The molecular weight excluding hydrogens is 603 g/mol. The van der Waals surface area contributed by atoms with Crippen LogP contribution in [0.15, 0.2) is 53.7 Å². The monoisotopic (exact) mass is 632 g/mol. The van der Waals surface area contributed by atoms with E-state index in [1.54, 1.807) is 28.1 Å². The molecule has 0 aliphatic carbocycles. The molecule has 14 heteroatoms. The van der Waals surface area contributed by atoms with Crippen molar-refractivity contribution in [1.82, 2.24) is 19.8 Å². The van der Waals surface area contributed by atoms with Crippen LogP contribution < -0.4 is 9.62 Å². The number of carbonyl (C=O) groups excluding carboxylic acids is 2. The second-order valence-corrected chi connectivity index (χ2v) is 13.5. The fraction of sp³-hybridized carbons (Fsp3) is 0.357. The Morgan fingerprint density at radius 3 is 2.19 bits per heavy atom. The molecule has 0 radical (unpaired) electrons. The highest BCUT2D eigenvalue weighted by Gasteiger charge is 2.29. The quantitative estimate of drug-likeness (QED) is 0.418. The smallest absolute Gasteiger partial charge is 0.410 e. The fourth-order valence-corrected chi connectivity index (χ4v) is 6.53. The summed E-state index contributed by atoms with van der Waals surface area (Å²) in [6.45, 7) is 7.56. The Hall–Kier alpha value is -3.61. The van der Waals surface area contributed by atoms with Crippen molar-refractivity contribution in [2.45, 2.75) is 37.7 Å². The molecule has 3 heterocycles. The molecule has 222 valence electrons. The SMILES string of the molecule is CC(C)(C)OC(=O)N1CCN(C(=O)c2cnc(N3CCc4cc(NS(=O)(=O)c5cc(Cl)cc(Cl)c5)ccc43)cn2)CC1. The summed E-state index contributed by atoms with van der Waals surface area (Å²) in [5.74, 6) is 0.319. The number of aromatic nitrogens is 2. The molecule has 0 atom stereocenters. The topological polar surface area (TPSA) is 125 Å². The van der Waals surface area contributed by atoms with E-state index in [0.717, 1.165) is 11.3 Å². The molecule has 0 spiro atoms. The maximum absolute atomic E-state index is 13.0. The minimum atomic E-state index is -3.89. The van der Waals surface area contributed by atoms with E-state index in [1.165, 1.54) is 24.4 Å². The Morgan fingerprint density at radius 1 is 0.905 bits per heavy atom. The van der Waals surface area contributed by atoms with Crippen LogP contribution in [0.2, 0.25) is 10.0 Å². The average Bonchev–Trinajstić information content (AvgIpc) is 3.34. The summed E-state index contributed by atoms with van der Waals surface area (Å²) in [4.78, 5) is 39.4. The second-order valence-electron chi connectivity index (χ2n) is 11.0. The number of hydrogen-bond acceptors (Lipinski definition) is 8. The average molecular weight is 634 g/mol. The maximum Gasteiger partial charge on any atom is 0.410 e. The lowest BCUT2D eigenvalue weighted by Crippen LogP contribution is -2.51. The number of rotatable bonds is 5.